The van der Waals surface area contributed by atoms with Crippen LogP contribution in [0.15, 0.2) is 53.0 Å². The number of methoxy groups -OCH3 is 1. The van der Waals surface area contributed by atoms with Gasteiger partial charge in [-0.1, -0.05) is 28.1 Å². The third kappa shape index (κ3) is 4.30. The van der Waals surface area contributed by atoms with Gasteiger partial charge in [-0.05, 0) is 42.0 Å². The van der Waals surface area contributed by atoms with Gasteiger partial charge in [0.15, 0.2) is 6.29 Å². The maximum atomic E-state index is 11.8. The molecule has 2 rings (SSSR count). The Labute approximate surface area is 136 Å². The first-order chi connectivity index (χ1) is 10.6. The van der Waals surface area contributed by atoms with Crippen molar-refractivity contribution in [2.45, 2.75) is 0 Å². The van der Waals surface area contributed by atoms with Crippen molar-refractivity contribution in [2.24, 2.45) is 0 Å². The molecule has 0 spiro atoms. The molecule has 0 fully saturated rings. The highest BCUT2D eigenvalue weighted by Gasteiger charge is 2.07. The molecule has 0 bridgehead atoms. The third-order valence-electron chi connectivity index (χ3n) is 2.84. The van der Waals surface area contributed by atoms with Crippen LogP contribution < -0.4 is 9.47 Å². The van der Waals surface area contributed by atoms with Crippen LogP contribution in [0.3, 0.4) is 0 Å². The number of rotatable bonds is 5. The Bertz CT molecular complexity index is 705. The average molecular weight is 361 g/mol. The zero-order valence-electron chi connectivity index (χ0n) is 11.8. The van der Waals surface area contributed by atoms with Crippen molar-refractivity contribution in [3.8, 4) is 11.5 Å². The minimum Gasteiger partial charge on any atom is -0.497 e. The maximum absolute atomic E-state index is 11.8. The molecule has 2 aromatic rings. The summed E-state index contributed by atoms with van der Waals surface area (Å²) in [5.74, 6) is 0.411. The van der Waals surface area contributed by atoms with E-state index in [1.807, 2.05) is 12.1 Å². The monoisotopic (exact) mass is 360 g/mol. The van der Waals surface area contributed by atoms with Gasteiger partial charge in [0, 0.05) is 10.5 Å². The highest BCUT2D eigenvalue weighted by molar-refractivity contribution is 9.10. The van der Waals surface area contributed by atoms with Gasteiger partial charge >= 0.3 is 5.97 Å². The Morgan fingerprint density at radius 3 is 2.50 bits per heavy atom. The predicted molar refractivity (Wildman–Crippen MR) is 87.2 cm³/mol. The lowest BCUT2D eigenvalue weighted by atomic mass is 10.2. The minimum atomic E-state index is -0.554. The Morgan fingerprint density at radius 2 is 1.86 bits per heavy atom. The standard InChI is InChI=1S/C17H13BrO4/c1-21-15-6-2-12(3-7-15)4-9-17(20)22-16-8-5-14(18)10-13(16)11-19/h2-11H,1H3/b9-4+. The molecule has 2 aromatic carbocycles. The van der Waals surface area contributed by atoms with Gasteiger partial charge in [0.1, 0.15) is 11.5 Å². The molecule has 4 nitrogen and oxygen atoms in total. The van der Waals surface area contributed by atoms with Crippen LogP contribution in [-0.2, 0) is 4.79 Å². The molecule has 0 amide bonds. The molecule has 5 heteroatoms. The average Bonchev–Trinajstić information content (AvgIpc) is 2.55. The molecule has 0 unspecified atom stereocenters. The fourth-order valence-corrected chi connectivity index (χ4v) is 2.10. The number of hydrogen-bond donors (Lipinski definition) is 0. The minimum absolute atomic E-state index is 0.225. The zero-order chi connectivity index (χ0) is 15.9. The summed E-state index contributed by atoms with van der Waals surface area (Å²) >= 11 is 3.25. The zero-order valence-corrected chi connectivity index (χ0v) is 13.4. The van der Waals surface area contributed by atoms with E-state index in [2.05, 4.69) is 15.9 Å². The number of benzene rings is 2. The highest BCUT2D eigenvalue weighted by atomic mass is 79.9. The van der Waals surface area contributed by atoms with E-state index in [9.17, 15) is 9.59 Å². The topological polar surface area (TPSA) is 52.6 Å². The van der Waals surface area contributed by atoms with Crippen LogP contribution in [0.4, 0.5) is 0 Å². The van der Waals surface area contributed by atoms with Crippen LogP contribution in [0.1, 0.15) is 15.9 Å². The number of hydrogen-bond acceptors (Lipinski definition) is 4. The molecule has 0 heterocycles. The fourth-order valence-electron chi connectivity index (χ4n) is 1.73. The molecule has 0 aromatic heterocycles. The van der Waals surface area contributed by atoms with Crippen molar-refractivity contribution in [1.29, 1.82) is 0 Å². The van der Waals surface area contributed by atoms with E-state index in [0.29, 0.717) is 11.8 Å². The van der Waals surface area contributed by atoms with Crippen LogP contribution in [0, 0.1) is 0 Å². The summed E-state index contributed by atoms with van der Waals surface area (Å²) in [7, 11) is 1.59. The Morgan fingerprint density at radius 1 is 1.14 bits per heavy atom. The van der Waals surface area contributed by atoms with Crippen LogP contribution in [0.25, 0.3) is 6.08 Å². The number of ether oxygens (including phenoxy) is 2. The van der Waals surface area contributed by atoms with Gasteiger partial charge in [0.25, 0.3) is 0 Å². The molecule has 0 aliphatic carbocycles. The molecule has 0 aliphatic rings. The smallest absolute Gasteiger partial charge is 0.336 e. The Balaban J connectivity index is 2.06. The van der Waals surface area contributed by atoms with Crippen LogP contribution >= 0.6 is 15.9 Å². The number of carbonyl (C=O) groups is 2. The first kappa shape index (κ1) is 16.0. The first-order valence-corrected chi connectivity index (χ1v) is 7.20. The lowest BCUT2D eigenvalue weighted by Gasteiger charge is -2.04. The van der Waals surface area contributed by atoms with Gasteiger partial charge in [-0.3, -0.25) is 4.79 Å². The van der Waals surface area contributed by atoms with Crippen molar-refractivity contribution in [2.75, 3.05) is 7.11 Å². The summed E-state index contributed by atoms with van der Waals surface area (Å²) in [6, 6.07) is 12.1. The summed E-state index contributed by atoms with van der Waals surface area (Å²) in [5.41, 5.74) is 1.14. The van der Waals surface area contributed by atoms with Crippen LogP contribution in [-0.4, -0.2) is 19.4 Å². The van der Waals surface area contributed by atoms with Crippen molar-refractivity contribution in [1.82, 2.24) is 0 Å². The Hall–Kier alpha value is -2.40. The molecule has 0 aliphatic heterocycles. The van der Waals surface area contributed by atoms with Gasteiger partial charge < -0.3 is 9.47 Å². The summed E-state index contributed by atoms with van der Waals surface area (Å²) in [5, 5.41) is 0. The summed E-state index contributed by atoms with van der Waals surface area (Å²) in [6.45, 7) is 0. The van der Waals surface area contributed by atoms with Crippen LogP contribution in [0.2, 0.25) is 0 Å². The van der Waals surface area contributed by atoms with Gasteiger partial charge in [0.2, 0.25) is 0 Å². The van der Waals surface area contributed by atoms with Gasteiger partial charge in [-0.15, -0.1) is 0 Å². The van der Waals surface area contributed by atoms with E-state index in [-0.39, 0.29) is 5.75 Å². The van der Waals surface area contributed by atoms with Crippen molar-refractivity contribution >= 4 is 34.3 Å². The second-order valence-electron chi connectivity index (χ2n) is 4.33. The van der Waals surface area contributed by atoms with E-state index in [4.69, 9.17) is 9.47 Å². The van der Waals surface area contributed by atoms with Gasteiger partial charge in [-0.25, -0.2) is 4.79 Å². The van der Waals surface area contributed by atoms with E-state index in [1.165, 1.54) is 6.08 Å². The van der Waals surface area contributed by atoms with Gasteiger partial charge in [-0.2, -0.15) is 0 Å². The number of aldehydes is 1. The molecule has 112 valence electrons. The van der Waals surface area contributed by atoms with Crippen molar-refractivity contribution < 1.29 is 19.1 Å². The highest BCUT2D eigenvalue weighted by Crippen LogP contribution is 2.22. The van der Waals surface area contributed by atoms with E-state index in [1.54, 1.807) is 43.5 Å². The molecule has 0 N–H and O–H groups in total. The Kier molecular flexibility index (Phi) is 5.49. The molecular formula is C17H13BrO4. The normalized spacial score (nSPS) is 10.5. The molecule has 0 saturated heterocycles. The van der Waals surface area contributed by atoms with Gasteiger partial charge in [0.05, 0.1) is 12.7 Å². The lowest BCUT2D eigenvalue weighted by Crippen LogP contribution is -2.05. The van der Waals surface area contributed by atoms with Crippen molar-refractivity contribution in [3.63, 3.8) is 0 Å². The first-order valence-electron chi connectivity index (χ1n) is 6.41. The summed E-state index contributed by atoms with van der Waals surface area (Å²) in [4.78, 5) is 22.8. The predicted octanol–water partition coefficient (Wildman–Crippen LogP) is 3.89. The van der Waals surface area contributed by atoms with E-state index in [0.717, 1.165) is 15.8 Å². The van der Waals surface area contributed by atoms with Crippen molar-refractivity contribution in [3.05, 3.63) is 64.1 Å². The largest absolute Gasteiger partial charge is 0.497 e. The second kappa shape index (κ2) is 7.56. The number of esters is 1. The number of carbonyl (C=O) groups excluding carboxylic acids is 2. The van der Waals surface area contributed by atoms with E-state index >= 15 is 0 Å². The molecule has 0 radical (unpaired) electrons. The summed E-state index contributed by atoms with van der Waals surface area (Å²) < 4.78 is 11.0. The SMILES string of the molecule is COc1ccc(/C=C/C(=O)Oc2ccc(Br)cc2C=O)cc1. The third-order valence-corrected chi connectivity index (χ3v) is 3.33. The summed E-state index contributed by atoms with van der Waals surface area (Å²) in [6.07, 6.45) is 3.57. The van der Waals surface area contributed by atoms with Crippen LogP contribution in [0.5, 0.6) is 11.5 Å². The van der Waals surface area contributed by atoms with E-state index < -0.39 is 5.97 Å². The lowest BCUT2D eigenvalue weighted by molar-refractivity contribution is -0.128. The second-order valence-corrected chi connectivity index (χ2v) is 5.24. The molecule has 0 saturated carbocycles. The number of halogens is 1. The molecule has 22 heavy (non-hydrogen) atoms. The molecule has 0 atom stereocenters. The molecular weight excluding hydrogens is 348 g/mol. The maximum Gasteiger partial charge on any atom is 0.336 e. The fraction of sp³-hybridized carbons (Fsp3) is 0.0588. The quantitative estimate of drug-likeness (QED) is 0.351.